The maximum Gasteiger partial charge on any atom is 0.311 e. The SMILES string of the molecule is C.C.CCC(C)(C)C(=O)OCCC(F)(F)COC(=O)C(C)C. The van der Waals surface area contributed by atoms with Gasteiger partial charge in [0.1, 0.15) is 0 Å². The number of halogens is 2. The average Bonchev–Trinajstić information content (AvgIpc) is 2.35. The van der Waals surface area contributed by atoms with Crippen LogP contribution < -0.4 is 0 Å². The van der Waals surface area contributed by atoms with Gasteiger partial charge in [0.15, 0.2) is 6.61 Å². The van der Waals surface area contributed by atoms with Gasteiger partial charge in [-0.25, -0.2) is 8.78 Å². The van der Waals surface area contributed by atoms with Crippen LogP contribution in [0.1, 0.15) is 62.3 Å². The lowest BCUT2D eigenvalue weighted by Crippen LogP contribution is -2.31. The Labute approximate surface area is 133 Å². The smallest absolute Gasteiger partial charge is 0.311 e. The highest BCUT2D eigenvalue weighted by Crippen LogP contribution is 2.23. The van der Waals surface area contributed by atoms with Gasteiger partial charge in [0.25, 0.3) is 5.92 Å². The number of rotatable bonds is 8. The van der Waals surface area contributed by atoms with E-state index in [0.29, 0.717) is 6.42 Å². The zero-order valence-corrected chi connectivity index (χ0v) is 12.8. The van der Waals surface area contributed by atoms with Crippen molar-refractivity contribution >= 4 is 11.9 Å². The van der Waals surface area contributed by atoms with E-state index in [-0.39, 0.29) is 14.9 Å². The molecule has 0 N–H and O–H groups in total. The van der Waals surface area contributed by atoms with Gasteiger partial charge in [0.2, 0.25) is 0 Å². The van der Waals surface area contributed by atoms with Crippen LogP contribution in [0.4, 0.5) is 8.78 Å². The Morgan fingerprint density at radius 2 is 1.59 bits per heavy atom. The third-order valence-corrected chi connectivity index (χ3v) is 3.03. The predicted molar refractivity (Wildman–Crippen MR) is 83.9 cm³/mol. The summed E-state index contributed by atoms with van der Waals surface area (Å²) in [5.74, 6) is -4.82. The lowest BCUT2D eigenvalue weighted by molar-refractivity contribution is -0.165. The number of hydrogen-bond acceptors (Lipinski definition) is 4. The van der Waals surface area contributed by atoms with E-state index in [1.807, 2.05) is 6.92 Å². The van der Waals surface area contributed by atoms with E-state index in [2.05, 4.69) is 4.74 Å². The monoisotopic (exact) mass is 326 g/mol. The van der Waals surface area contributed by atoms with E-state index in [1.54, 1.807) is 27.7 Å². The van der Waals surface area contributed by atoms with Crippen molar-refractivity contribution in [2.24, 2.45) is 11.3 Å². The molecule has 0 saturated heterocycles. The number of ether oxygens (including phenoxy) is 2. The predicted octanol–water partition coefficient (Wildman–Crippen LogP) is 4.46. The fraction of sp³-hybridized carbons (Fsp3) is 0.875. The normalized spacial score (nSPS) is 11.3. The summed E-state index contributed by atoms with van der Waals surface area (Å²) in [5.41, 5.74) is -0.681. The van der Waals surface area contributed by atoms with Crippen LogP contribution in [0, 0.1) is 11.3 Å². The number of alkyl halides is 2. The van der Waals surface area contributed by atoms with Gasteiger partial charge in [0.05, 0.1) is 17.9 Å². The highest BCUT2D eigenvalue weighted by molar-refractivity contribution is 5.75. The molecule has 0 aliphatic heterocycles. The topological polar surface area (TPSA) is 52.6 Å². The van der Waals surface area contributed by atoms with Crippen molar-refractivity contribution in [2.45, 2.75) is 68.2 Å². The zero-order chi connectivity index (χ0) is 16.0. The Bertz CT molecular complexity index is 339. The van der Waals surface area contributed by atoms with E-state index in [9.17, 15) is 18.4 Å². The van der Waals surface area contributed by atoms with Crippen molar-refractivity contribution in [3.8, 4) is 0 Å². The fourth-order valence-electron chi connectivity index (χ4n) is 1.05. The first-order valence-electron chi connectivity index (χ1n) is 6.73. The first-order valence-corrected chi connectivity index (χ1v) is 6.73. The summed E-state index contributed by atoms with van der Waals surface area (Å²) in [6, 6.07) is 0. The van der Waals surface area contributed by atoms with E-state index in [0.717, 1.165) is 0 Å². The van der Waals surface area contributed by atoms with Gasteiger partial charge >= 0.3 is 11.9 Å². The van der Waals surface area contributed by atoms with Crippen molar-refractivity contribution in [1.82, 2.24) is 0 Å². The molecule has 0 fully saturated rings. The van der Waals surface area contributed by atoms with E-state index in [4.69, 9.17) is 4.74 Å². The minimum atomic E-state index is -3.19. The van der Waals surface area contributed by atoms with Crippen LogP contribution in [0.2, 0.25) is 0 Å². The second-order valence-corrected chi connectivity index (χ2v) is 5.74. The molecule has 0 aromatic carbocycles. The molecule has 0 heterocycles. The van der Waals surface area contributed by atoms with Gasteiger partial charge in [-0.2, -0.15) is 0 Å². The first kappa shape index (κ1) is 25.7. The largest absolute Gasteiger partial charge is 0.465 e. The van der Waals surface area contributed by atoms with Crippen LogP contribution in [-0.2, 0) is 19.1 Å². The number of hydrogen-bond donors (Lipinski definition) is 0. The van der Waals surface area contributed by atoms with Gasteiger partial charge < -0.3 is 9.47 Å². The third-order valence-electron chi connectivity index (χ3n) is 3.03. The van der Waals surface area contributed by atoms with Crippen LogP contribution in [-0.4, -0.2) is 31.1 Å². The molecule has 134 valence electrons. The molecule has 0 saturated carbocycles. The average molecular weight is 326 g/mol. The second-order valence-electron chi connectivity index (χ2n) is 5.74. The van der Waals surface area contributed by atoms with Crippen molar-refractivity contribution in [3.05, 3.63) is 0 Å². The fourth-order valence-corrected chi connectivity index (χ4v) is 1.05. The minimum absolute atomic E-state index is 0. The molecule has 6 heteroatoms. The van der Waals surface area contributed by atoms with Gasteiger partial charge in [-0.15, -0.1) is 0 Å². The van der Waals surface area contributed by atoms with Crippen molar-refractivity contribution in [1.29, 1.82) is 0 Å². The summed E-state index contributed by atoms with van der Waals surface area (Å²) in [4.78, 5) is 22.7. The van der Waals surface area contributed by atoms with E-state index in [1.165, 1.54) is 0 Å². The lowest BCUT2D eigenvalue weighted by atomic mass is 9.91. The summed E-state index contributed by atoms with van der Waals surface area (Å²) in [6.45, 7) is 6.95. The summed E-state index contributed by atoms with van der Waals surface area (Å²) in [5, 5.41) is 0. The van der Waals surface area contributed by atoms with Gasteiger partial charge in [0, 0.05) is 6.42 Å². The Hall–Kier alpha value is -1.20. The Morgan fingerprint density at radius 3 is 2.00 bits per heavy atom. The molecular formula is C16H32F2O4. The molecule has 0 aliphatic carbocycles. The molecule has 0 spiro atoms. The molecule has 0 bridgehead atoms. The number of carbonyl (C=O) groups excluding carboxylic acids is 2. The molecule has 4 nitrogen and oxygen atoms in total. The molecule has 0 aliphatic rings. The minimum Gasteiger partial charge on any atom is -0.465 e. The molecule has 0 atom stereocenters. The highest BCUT2D eigenvalue weighted by Gasteiger charge is 2.33. The summed E-state index contributed by atoms with van der Waals surface area (Å²) in [6.07, 6.45) is -0.0991. The third kappa shape index (κ3) is 9.68. The van der Waals surface area contributed by atoms with Crippen molar-refractivity contribution in [2.75, 3.05) is 13.2 Å². The van der Waals surface area contributed by atoms with Crippen LogP contribution in [0.15, 0.2) is 0 Å². The van der Waals surface area contributed by atoms with Crippen LogP contribution in [0.5, 0.6) is 0 Å². The standard InChI is InChI=1S/C14H24F2O4.2CH4/c1-6-13(4,5)12(18)19-8-7-14(15,16)9-20-11(17)10(2)3;;/h10H,6-9H2,1-5H3;2*1H4. The summed E-state index contributed by atoms with van der Waals surface area (Å²) < 4.78 is 36.1. The molecule has 0 aromatic heterocycles. The van der Waals surface area contributed by atoms with E-state index >= 15 is 0 Å². The zero-order valence-electron chi connectivity index (χ0n) is 12.8. The Balaban J connectivity index is -0.00000180. The molecule has 0 rings (SSSR count). The first-order chi connectivity index (χ1) is 9.02. The van der Waals surface area contributed by atoms with Crippen LogP contribution in [0.3, 0.4) is 0 Å². The highest BCUT2D eigenvalue weighted by atomic mass is 19.3. The lowest BCUT2D eigenvalue weighted by Gasteiger charge is -2.22. The summed E-state index contributed by atoms with van der Waals surface area (Å²) >= 11 is 0. The maximum atomic E-state index is 13.4. The molecular weight excluding hydrogens is 294 g/mol. The molecule has 0 unspecified atom stereocenters. The molecule has 22 heavy (non-hydrogen) atoms. The second kappa shape index (κ2) is 10.5. The molecule has 0 aromatic rings. The van der Waals surface area contributed by atoms with Crippen LogP contribution in [0.25, 0.3) is 0 Å². The number of esters is 2. The van der Waals surface area contributed by atoms with Gasteiger partial charge in [-0.3, -0.25) is 9.59 Å². The van der Waals surface area contributed by atoms with Gasteiger partial charge in [-0.05, 0) is 20.3 Å². The van der Waals surface area contributed by atoms with Crippen LogP contribution >= 0.6 is 0 Å². The summed E-state index contributed by atoms with van der Waals surface area (Å²) in [7, 11) is 0. The molecule has 0 amide bonds. The Morgan fingerprint density at radius 1 is 1.09 bits per heavy atom. The molecule has 0 radical (unpaired) electrons. The van der Waals surface area contributed by atoms with Crippen molar-refractivity contribution < 1.29 is 27.8 Å². The van der Waals surface area contributed by atoms with Gasteiger partial charge in [-0.1, -0.05) is 35.6 Å². The van der Waals surface area contributed by atoms with Crippen molar-refractivity contribution in [3.63, 3.8) is 0 Å². The quantitative estimate of drug-likeness (QED) is 0.618. The maximum absolute atomic E-state index is 13.4. The Kier molecular flexibility index (Phi) is 12.3. The number of carbonyl (C=O) groups is 2. The van der Waals surface area contributed by atoms with E-state index < -0.39 is 48.8 Å².